The molecule has 0 aliphatic heterocycles. The molecule has 0 bridgehead atoms. The summed E-state index contributed by atoms with van der Waals surface area (Å²) in [6, 6.07) is 4.94. The van der Waals surface area contributed by atoms with Gasteiger partial charge in [0, 0.05) is 17.1 Å². The molecule has 2 amide bonds. The van der Waals surface area contributed by atoms with Crippen molar-refractivity contribution in [1.29, 1.82) is 0 Å². The molecule has 0 heterocycles. The summed E-state index contributed by atoms with van der Waals surface area (Å²) in [6.45, 7) is 2.63. The van der Waals surface area contributed by atoms with Gasteiger partial charge in [-0.15, -0.1) is 11.8 Å². The van der Waals surface area contributed by atoms with Crippen LogP contribution in [0, 0.1) is 0 Å². The highest BCUT2D eigenvalue weighted by atomic mass is 32.2. The second kappa shape index (κ2) is 6.90. The molecular weight excluding hydrogens is 250 g/mol. The maximum Gasteiger partial charge on any atom is 0.249 e. The van der Waals surface area contributed by atoms with Gasteiger partial charge >= 0.3 is 0 Å². The third kappa shape index (κ3) is 3.96. The van der Waals surface area contributed by atoms with E-state index in [0.29, 0.717) is 22.7 Å². The number of nitrogens with one attached hydrogen (secondary N) is 1. The number of carbonyl (C=O) groups is 2. The van der Waals surface area contributed by atoms with E-state index in [4.69, 9.17) is 11.5 Å². The molecule has 0 spiro atoms. The van der Waals surface area contributed by atoms with Gasteiger partial charge in [0.25, 0.3) is 0 Å². The van der Waals surface area contributed by atoms with Crippen molar-refractivity contribution in [3.63, 3.8) is 0 Å². The molecule has 0 radical (unpaired) electrons. The first kappa shape index (κ1) is 14.4. The Morgan fingerprint density at radius 2 is 2.11 bits per heavy atom. The van der Waals surface area contributed by atoms with Crippen LogP contribution in [-0.4, -0.2) is 24.1 Å². The number of benzene rings is 1. The van der Waals surface area contributed by atoms with Gasteiger partial charge in [0.15, 0.2) is 0 Å². The SMILES string of the molecule is CCCNC(=O)CSc1c(N)cccc1C(N)=O. The van der Waals surface area contributed by atoms with Crippen LogP contribution in [0.3, 0.4) is 0 Å². The van der Waals surface area contributed by atoms with Crippen LogP contribution in [0.2, 0.25) is 0 Å². The van der Waals surface area contributed by atoms with Gasteiger partial charge in [0.1, 0.15) is 0 Å². The van der Waals surface area contributed by atoms with Gasteiger partial charge in [-0.2, -0.15) is 0 Å². The van der Waals surface area contributed by atoms with Gasteiger partial charge in [-0.3, -0.25) is 9.59 Å². The summed E-state index contributed by atoms with van der Waals surface area (Å²) in [5.41, 5.74) is 11.9. The lowest BCUT2D eigenvalue weighted by molar-refractivity contribution is -0.118. The van der Waals surface area contributed by atoms with Crippen LogP contribution in [0.4, 0.5) is 5.69 Å². The van der Waals surface area contributed by atoms with Crippen molar-refractivity contribution >= 4 is 29.3 Å². The molecule has 0 aliphatic carbocycles. The van der Waals surface area contributed by atoms with E-state index in [9.17, 15) is 9.59 Å². The first-order valence-electron chi connectivity index (χ1n) is 5.64. The summed E-state index contributed by atoms with van der Waals surface area (Å²) >= 11 is 1.22. The minimum Gasteiger partial charge on any atom is -0.398 e. The second-order valence-corrected chi connectivity index (χ2v) is 4.71. The van der Waals surface area contributed by atoms with E-state index in [1.165, 1.54) is 11.8 Å². The van der Waals surface area contributed by atoms with E-state index in [1.807, 2.05) is 6.92 Å². The molecule has 18 heavy (non-hydrogen) atoms. The molecule has 0 aromatic heterocycles. The number of primary amides is 1. The molecule has 5 N–H and O–H groups in total. The minimum atomic E-state index is -0.543. The van der Waals surface area contributed by atoms with Crippen LogP contribution in [0.15, 0.2) is 23.1 Å². The number of nitrogen functional groups attached to an aromatic ring is 1. The van der Waals surface area contributed by atoms with Gasteiger partial charge in [-0.25, -0.2) is 0 Å². The van der Waals surface area contributed by atoms with Crippen molar-refractivity contribution in [2.45, 2.75) is 18.2 Å². The van der Waals surface area contributed by atoms with Gasteiger partial charge in [-0.05, 0) is 18.6 Å². The molecular formula is C12H17N3O2S. The van der Waals surface area contributed by atoms with Crippen molar-refractivity contribution in [1.82, 2.24) is 5.32 Å². The van der Waals surface area contributed by atoms with Gasteiger partial charge in [0.05, 0.1) is 11.3 Å². The zero-order chi connectivity index (χ0) is 13.5. The highest BCUT2D eigenvalue weighted by Crippen LogP contribution is 2.28. The Bertz CT molecular complexity index is 449. The number of rotatable bonds is 6. The molecule has 0 saturated carbocycles. The Morgan fingerprint density at radius 1 is 1.39 bits per heavy atom. The van der Waals surface area contributed by atoms with Gasteiger partial charge in [0.2, 0.25) is 11.8 Å². The smallest absolute Gasteiger partial charge is 0.249 e. The van der Waals surface area contributed by atoms with E-state index in [2.05, 4.69) is 5.32 Å². The zero-order valence-electron chi connectivity index (χ0n) is 10.2. The van der Waals surface area contributed by atoms with Crippen LogP contribution in [-0.2, 0) is 4.79 Å². The van der Waals surface area contributed by atoms with E-state index in [0.717, 1.165) is 6.42 Å². The fourth-order valence-corrected chi connectivity index (χ4v) is 2.30. The maximum atomic E-state index is 11.5. The van der Waals surface area contributed by atoms with Crippen LogP contribution >= 0.6 is 11.8 Å². The zero-order valence-corrected chi connectivity index (χ0v) is 11.0. The number of anilines is 1. The van der Waals surface area contributed by atoms with E-state index in [-0.39, 0.29) is 11.7 Å². The maximum absolute atomic E-state index is 11.5. The second-order valence-electron chi connectivity index (χ2n) is 3.73. The molecule has 6 heteroatoms. The predicted molar refractivity (Wildman–Crippen MR) is 73.4 cm³/mol. The average molecular weight is 267 g/mol. The predicted octanol–water partition coefficient (Wildman–Crippen LogP) is 0.986. The Hall–Kier alpha value is -1.69. The number of thioether (sulfide) groups is 1. The van der Waals surface area contributed by atoms with Gasteiger partial charge in [-0.1, -0.05) is 13.0 Å². The largest absolute Gasteiger partial charge is 0.398 e. The van der Waals surface area contributed by atoms with Crippen molar-refractivity contribution < 1.29 is 9.59 Å². The van der Waals surface area contributed by atoms with Crippen LogP contribution in [0.1, 0.15) is 23.7 Å². The van der Waals surface area contributed by atoms with E-state index in [1.54, 1.807) is 18.2 Å². The van der Waals surface area contributed by atoms with Crippen molar-refractivity contribution in [2.75, 3.05) is 18.0 Å². The molecule has 5 nitrogen and oxygen atoms in total. The third-order valence-electron chi connectivity index (χ3n) is 2.23. The fourth-order valence-electron chi connectivity index (χ4n) is 1.36. The normalized spacial score (nSPS) is 10.1. The molecule has 98 valence electrons. The Labute approximate surface area is 110 Å². The summed E-state index contributed by atoms with van der Waals surface area (Å²) in [6.07, 6.45) is 0.885. The fraction of sp³-hybridized carbons (Fsp3) is 0.333. The first-order valence-corrected chi connectivity index (χ1v) is 6.62. The van der Waals surface area contributed by atoms with Crippen LogP contribution in [0.5, 0.6) is 0 Å². The molecule has 0 atom stereocenters. The monoisotopic (exact) mass is 267 g/mol. The molecule has 1 rings (SSSR count). The number of carbonyl (C=O) groups excluding carboxylic acids is 2. The highest BCUT2D eigenvalue weighted by Gasteiger charge is 2.12. The standard InChI is InChI=1S/C12H17N3O2S/c1-2-6-15-10(16)7-18-11-8(12(14)17)4-3-5-9(11)13/h3-5H,2,6-7,13H2,1H3,(H2,14,17)(H,15,16). The lowest BCUT2D eigenvalue weighted by Crippen LogP contribution is -2.25. The highest BCUT2D eigenvalue weighted by molar-refractivity contribution is 8.00. The average Bonchev–Trinajstić information content (AvgIpc) is 2.34. The Balaban J connectivity index is 2.72. The molecule has 1 aromatic carbocycles. The summed E-state index contributed by atoms with van der Waals surface area (Å²) in [5.74, 6) is -0.409. The first-order chi connectivity index (χ1) is 8.56. The van der Waals surface area contributed by atoms with Crippen molar-refractivity contribution in [2.24, 2.45) is 5.73 Å². The summed E-state index contributed by atoms with van der Waals surface area (Å²) in [5, 5.41) is 2.75. The van der Waals surface area contributed by atoms with Crippen molar-refractivity contribution in [3.05, 3.63) is 23.8 Å². The lowest BCUT2D eigenvalue weighted by atomic mass is 10.2. The van der Waals surface area contributed by atoms with E-state index < -0.39 is 5.91 Å². The van der Waals surface area contributed by atoms with Crippen molar-refractivity contribution in [3.8, 4) is 0 Å². The van der Waals surface area contributed by atoms with E-state index >= 15 is 0 Å². The molecule has 0 aliphatic rings. The Morgan fingerprint density at radius 3 is 2.72 bits per heavy atom. The molecule has 1 aromatic rings. The number of hydrogen-bond donors (Lipinski definition) is 3. The number of amides is 2. The molecule has 0 saturated heterocycles. The summed E-state index contributed by atoms with van der Waals surface area (Å²) in [4.78, 5) is 23.3. The van der Waals surface area contributed by atoms with Crippen LogP contribution < -0.4 is 16.8 Å². The third-order valence-corrected chi connectivity index (χ3v) is 3.38. The van der Waals surface area contributed by atoms with Crippen LogP contribution in [0.25, 0.3) is 0 Å². The molecule has 0 unspecified atom stereocenters. The Kier molecular flexibility index (Phi) is 5.51. The minimum absolute atomic E-state index is 0.0828. The molecule has 0 fully saturated rings. The quantitative estimate of drug-likeness (QED) is 0.528. The number of nitrogens with two attached hydrogens (primary N) is 2. The summed E-state index contributed by atoms with van der Waals surface area (Å²) < 4.78 is 0. The lowest BCUT2D eigenvalue weighted by Gasteiger charge is -2.09. The summed E-state index contributed by atoms with van der Waals surface area (Å²) in [7, 11) is 0. The topological polar surface area (TPSA) is 98.2 Å². The van der Waals surface area contributed by atoms with Gasteiger partial charge < -0.3 is 16.8 Å². The number of hydrogen-bond acceptors (Lipinski definition) is 4.